The first-order valence-electron chi connectivity index (χ1n) is 14.3. The second-order valence-electron chi connectivity index (χ2n) is 11.4. The van der Waals surface area contributed by atoms with Gasteiger partial charge in [-0.3, -0.25) is 4.90 Å². The fraction of sp³-hybridized carbons (Fsp3) is 0.419. The average molecular weight is 551 g/mol. The Morgan fingerprint density at radius 2 is 1.85 bits per heavy atom. The molecule has 10 heteroatoms. The van der Waals surface area contributed by atoms with E-state index in [1.54, 1.807) is 17.8 Å². The van der Waals surface area contributed by atoms with Crippen molar-refractivity contribution in [2.45, 2.75) is 44.0 Å². The smallest absolute Gasteiger partial charge is 0.212 e. The molecule has 4 aliphatic heterocycles. The molecule has 2 atom stereocenters. The van der Waals surface area contributed by atoms with E-state index >= 15 is 0 Å². The van der Waals surface area contributed by atoms with Crippen molar-refractivity contribution in [2.75, 3.05) is 45.2 Å². The second kappa shape index (κ2) is 10.7. The molecule has 4 fully saturated rings. The van der Waals surface area contributed by atoms with Crippen molar-refractivity contribution in [3.8, 4) is 28.8 Å². The average Bonchev–Trinajstić information content (AvgIpc) is 3.44. The number of methoxy groups -OCH3 is 1. The van der Waals surface area contributed by atoms with Crippen molar-refractivity contribution in [1.82, 2.24) is 29.4 Å². The number of likely N-dealkylation sites (tertiary alicyclic amines) is 1. The van der Waals surface area contributed by atoms with Crippen LogP contribution in [0.2, 0.25) is 0 Å². The number of rotatable bonds is 7. The van der Waals surface area contributed by atoms with Gasteiger partial charge < -0.3 is 19.3 Å². The van der Waals surface area contributed by atoms with Crippen molar-refractivity contribution >= 4 is 11.3 Å². The second-order valence-corrected chi connectivity index (χ2v) is 11.4. The largest absolute Gasteiger partial charge is 0.489 e. The monoisotopic (exact) mass is 550 g/mol. The predicted octanol–water partition coefficient (Wildman–Crippen LogP) is 3.61. The van der Waals surface area contributed by atoms with E-state index in [-0.39, 0.29) is 6.10 Å². The number of nitriles is 1. The molecule has 41 heavy (non-hydrogen) atoms. The minimum Gasteiger partial charge on any atom is -0.489 e. The van der Waals surface area contributed by atoms with Gasteiger partial charge in [-0.05, 0) is 50.1 Å². The third-order valence-electron chi connectivity index (χ3n) is 8.77. The molecule has 8 heterocycles. The lowest BCUT2D eigenvalue weighted by Gasteiger charge is -2.56. The van der Waals surface area contributed by atoms with Gasteiger partial charge in [-0.2, -0.15) is 10.4 Å². The van der Waals surface area contributed by atoms with E-state index in [2.05, 4.69) is 56.1 Å². The van der Waals surface area contributed by atoms with Gasteiger partial charge in [0.05, 0.1) is 30.6 Å². The van der Waals surface area contributed by atoms with Crippen molar-refractivity contribution in [1.29, 1.82) is 5.26 Å². The topological polar surface area (TPSA) is 95.1 Å². The quantitative estimate of drug-likeness (QED) is 0.342. The van der Waals surface area contributed by atoms with Crippen LogP contribution < -0.4 is 14.4 Å². The van der Waals surface area contributed by atoms with Gasteiger partial charge in [-0.15, -0.1) is 0 Å². The van der Waals surface area contributed by atoms with Crippen molar-refractivity contribution in [3.05, 3.63) is 66.2 Å². The highest BCUT2D eigenvalue weighted by Crippen LogP contribution is 2.37. The van der Waals surface area contributed by atoms with E-state index in [1.165, 1.54) is 12.0 Å². The van der Waals surface area contributed by atoms with Gasteiger partial charge in [0.15, 0.2) is 0 Å². The molecule has 0 aliphatic carbocycles. The minimum absolute atomic E-state index is 0.175. The van der Waals surface area contributed by atoms with E-state index in [0.29, 0.717) is 23.5 Å². The molecule has 0 saturated carbocycles. The van der Waals surface area contributed by atoms with Crippen LogP contribution in [0.5, 0.6) is 11.6 Å². The molecular formula is C31H34N8O2. The standard InChI is InChI=1S/C31H34N8O2/c1-36-9-7-26(8-10-36)41-27-12-28(31-23(13-32)16-35-39(31)20-27)22-4-5-29(33-15-22)37-18-24-11-25(19-37)38(24)17-21-3-6-30(40-2)34-14-21/h3-6,12,14-16,20,24-26H,7-11,17-19H2,1-2H3. The number of aromatic nitrogens is 4. The number of nitrogens with zero attached hydrogens (tertiary/aromatic N) is 8. The van der Waals surface area contributed by atoms with Crippen LogP contribution in [0.25, 0.3) is 16.6 Å². The van der Waals surface area contributed by atoms with Gasteiger partial charge >= 0.3 is 0 Å². The summed E-state index contributed by atoms with van der Waals surface area (Å²) in [7, 11) is 3.79. The lowest BCUT2D eigenvalue weighted by atomic mass is 9.87. The Kier molecular flexibility index (Phi) is 6.69. The fourth-order valence-corrected chi connectivity index (χ4v) is 6.46. The molecule has 0 amide bonds. The highest BCUT2D eigenvalue weighted by Gasteiger charge is 2.44. The summed E-state index contributed by atoms with van der Waals surface area (Å²) >= 11 is 0. The molecule has 2 unspecified atom stereocenters. The fourth-order valence-electron chi connectivity index (χ4n) is 6.46. The molecule has 0 aromatic carbocycles. The van der Waals surface area contributed by atoms with Crippen LogP contribution in [0.4, 0.5) is 5.82 Å². The zero-order chi connectivity index (χ0) is 27.9. The van der Waals surface area contributed by atoms with E-state index in [9.17, 15) is 5.26 Å². The van der Waals surface area contributed by atoms with Gasteiger partial charge in [0.1, 0.15) is 23.7 Å². The predicted molar refractivity (Wildman–Crippen MR) is 155 cm³/mol. The molecule has 8 rings (SSSR count). The number of ether oxygens (including phenoxy) is 2. The maximum absolute atomic E-state index is 9.76. The summed E-state index contributed by atoms with van der Waals surface area (Å²) in [5.74, 6) is 2.40. The van der Waals surface area contributed by atoms with E-state index < -0.39 is 0 Å². The maximum Gasteiger partial charge on any atom is 0.212 e. The van der Waals surface area contributed by atoms with E-state index in [1.807, 2.05) is 30.7 Å². The lowest BCUT2D eigenvalue weighted by molar-refractivity contribution is -0.00876. The number of fused-ring (bicyclic) bond motifs is 3. The van der Waals surface area contributed by atoms with Gasteiger partial charge in [0.2, 0.25) is 5.88 Å². The summed E-state index contributed by atoms with van der Waals surface area (Å²) in [6.45, 7) is 4.88. The Balaban J connectivity index is 1.08. The normalized spacial score (nSPS) is 21.4. The summed E-state index contributed by atoms with van der Waals surface area (Å²) in [6, 6.07) is 13.6. The molecule has 4 aromatic heterocycles. The number of piperidine rings is 2. The Bertz CT molecular complexity index is 1560. The molecule has 2 bridgehead atoms. The maximum atomic E-state index is 9.76. The number of hydrogen-bond donors (Lipinski definition) is 0. The number of hydrogen-bond acceptors (Lipinski definition) is 9. The molecule has 210 valence electrons. The summed E-state index contributed by atoms with van der Waals surface area (Å²) in [4.78, 5) is 16.5. The number of piperazine rings is 1. The molecular weight excluding hydrogens is 516 g/mol. The summed E-state index contributed by atoms with van der Waals surface area (Å²) in [5, 5.41) is 14.2. The van der Waals surface area contributed by atoms with E-state index in [4.69, 9.17) is 14.5 Å². The number of pyridine rings is 3. The van der Waals surface area contributed by atoms with Gasteiger partial charge in [-0.25, -0.2) is 14.5 Å². The van der Waals surface area contributed by atoms with Crippen LogP contribution >= 0.6 is 0 Å². The van der Waals surface area contributed by atoms with Crippen molar-refractivity contribution < 1.29 is 9.47 Å². The first-order chi connectivity index (χ1) is 20.1. The van der Waals surface area contributed by atoms with E-state index in [0.717, 1.165) is 73.8 Å². The summed E-state index contributed by atoms with van der Waals surface area (Å²) in [5.41, 5.74) is 4.38. The van der Waals surface area contributed by atoms with Crippen molar-refractivity contribution in [2.24, 2.45) is 0 Å². The Morgan fingerprint density at radius 1 is 1.02 bits per heavy atom. The van der Waals surface area contributed by atoms with Gasteiger partial charge in [-0.1, -0.05) is 6.07 Å². The van der Waals surface area contributed by atoms with Crippen molar-refractivity contribution in [3.63, 3.8) is 0 Å². The van der Waals surface area contributed by atoms with Gasteiger partial charge in [0, 0.05) is 74.4 Å². The lowest BCUT2D eigenvalue weighted by Crippen LogP contribution is -2.68. The molecule has 0 spiro atoms. The third-order valence-corrected chi connectivity index (χ3v) is 8.77. The third kappa shape index (κ3) is 4.96. The molecule has 0 radical (unpaired) electrons. The molecule has 10 nitrogen and oxygen atoms in total. The zero-order valence-corrected chi connectivity index (χ0v) is 23.5. The summed E-state index contributed by atoms with van der Waals surface area (Å²) in [6.07, 6.45) is 10.7. The number of anilines is 1. The highest BCUT2D eigenvalue weighted by molar-refractivity contribution is 5.85. The minimum atomic E-state index is 0.175. The van der Waals surface area contributed by atoms with Gasteiger partial charge in [0.25, 0.3) is 0 Å². The Morgan fingerprint density at radius 3 is 2.54 bits per heavy atom. The molecule has 4 aliphatic rings. The van der Waals surface area contributed by atoms with Crippen LogP contribution in [0.3, 0.4) is 0 Å². The Hall–Kier alpha value is -4.20. The summed E-state index contributed by atoms with van der Waals surface area (Å²) < 4.78 is 13.4. The van der Waals surface area contributed by atoms with Crippen LogP contribution in [0, 0.1) is 11.3 Å². The van der Waals surface area contributed by atoms with Crippen LogP contribution in [0.1, 0.15) is 30.4 Å². The molecule has 0 N–H and O–H groups in total. The van der Waals surface area contributed by atoms with Crippen LogP contribution in [0.15, 0.2) is 55.1 Å². The molecule has 4 aromatic rings. The first-order valence-corrected chi connectivity index (χ1v) is 14.3. The zero-order valence-electron chi connectivity index (χ0n) is 23.5. The van der Waals surface area contributed by atoms with Crippen LogP contribution in [-0.4, -0.2) is 87.9 Å². The SMILES string of the molecule is COc1ccc(CN2C3CC2CN(c2ccc(-c4cc(OC5CCN(C)CC5)cn5ncc(C#N)c45)cn2)C3)cn1. The highest BCUT2D eigenvalue weighted by atomic mass is 16.5. The Labute approximate surface area is 239 Å². The van der Waals surface area contributed by atoms with Crippen LogP contribution in [-0.2, 0) is 6.54 Å². The first kappa shape index (κ1) is 25.7. The molecule has 4 saturated heterocycles.